The monoisotopic (exact) mass is 334 g/mol. The second kappa shape index (κ2) is 7.84. The van der Waals surface area contributed by atoms with Crippen molar-refractivity contribution < 1.29 is 14.3 Å². The first-order chi connectivity index (χ1) is 12.2. The first-order valence-electron chi connectivity index (χ1n) is 8.45. The molecular formula is C22H22O3. The van der Waals surface area contributed by atoms with E-state index in [1.54, 1.807) is 14.2 Å². The van der Waals surface area contributed by atoms with Crippen molar-refractivity contribution in [3.8, 4) is 11.5 Å². The summed E-state index contributed by atoms with van der Waals surface area (Å²) in [4.78, 5) is 12.9. The summed E-state index contributed by atoms with van der Waals surface area (Å²) in [7, 11) is 3.23. The Morgan fingerprint density at radius 3 is 2.24 bits per heavy atom. The van der Waals surface area contributed by atoms with Crippen LogP contribution in [0.1, 0.15) is 30.4 Å². The number of carbonyl (C=O) groups excluding carboxylic acids is 1. The van der Waals surface area contributed by atoms with Crippen molar-refractivity contribution in [3.05, 3.63) is 70.8 Å². The van der Waals surface area contributed by atoms with E-state index in [-0.39, 0.29) is 5.78 Å². The smallest absolute Gasteiger partial charge is 0.185 e. The maximum Gasteiger partial charge on any atom is 0.185 e. The van der Waals surface area contributed by atoms with Crippen molar-refractivity contribution in [1.29, 1.82) is 0 Å². The third-order valence-corrected chi connectivity index (χ3v) is 4.38. The van der Waals surface area contributed by atoms with Gasteiger partial charge in [0.1, 0.15) is 0 Å². The zero-order chi connectivity index (χ0) is 17.6. The van der Waals surface area contributed by atoms with Gasteiger partial charge < -0.3 is 9.47 Å². The van der Waals surface area contributed by atoms with Crippen molar-refractivity contribution in [1.82, 2.24) is 0 Å². The van der Waals surface area contributed by atoms with Crippen molar-refractivity contribution in [3.63, 3.8) is 0 Å². The molecule has 0 aromatic heterocycles. The molecular weight excluding hydrogens is 312 g/mol. The van der Waals surface area contributed by atoms with Gasteiger partial charge in [-0.2, -0.15) is 0 Å². The highest BCUT2D eigenvalue weighted by molar-refractivity contribution is 6.14. The van der Waals surface area contributed by atoms with Crippen LogP contribution in [-0.4, -0.2) is 20.0 Å². The molecule has 0 amide bonds. The fourth-order valence-electron chi connectivity index (χ4n) is 3.14. The number of ketones is 1. The minimum atomic E-state index is 0.125. The topological polar surface area (TPSA) is 35.5 Å². The molecule has 0 unspecified atom stereocenters. The van der Waals surface area contributed by atoms with E-state index < -0.39 is 0 Å². The highest BCUT2D eigenvalue weighted by atomic mass is 16.5. The molecule has 25 heavy (non-hydrogen) atoms. The number of Topliss-reactive ketones (excluding diaryl/α,β-unsaturated/α-hetero) is 1. The maximum absolute atomic E-state index is 12.9. The molecule has 1 fully saturated rings. The molecule has 2 aromatic rings. The third kappa shape index (κ3) is 3.82. The van der Waals surface area contributed by atoms with Crippen molar-refractivity contribution in [2.75, 3.05) is 14.2 Å². The fourth-order valence-corrected chi connectivity index (χ4v) is 3.14. The van der Waals surface area contributed by atoms with Gasteiger partial charge in [0.15, 0.2) is 17.3 Å². The predicted octanol–water partition coefficient (Wildman–Crippen LogP) is 4.92. The number of hydrogen-bond donors (Lipinski definition) is 0. The van der Waals surface area contributed by atoms with Crippen LogP contribution in [0.25, 0.3) is 12.2 Å². The van der Waals surface area contributed by atoms with Crippen LogP contribution < -0.4 is 9.47 Å². The number of carbonyl (C=O) groups is 1. The van der Waals surface area contributed by atoms with E-state index in [2.05, 4.69) is 0 Å². The molecule has 0 heterocycles. The van der Waals surface area contributed by atoms with Gasteiger partial charge >= 0.3 is 0 Å². The molecule has 0 N–H and O–H groups in total. The zero-order valence-corrected chi connectivity index (χ0v) is 14.6. The molecule has 0 saturated heterocycles. The molecule has 0 bridgehead atoms. The van der Waals surface area contributed by atoms with Crippen LogP contribution in [0, 0.1) is 0 Å². The van der Waals surface area contributed by atoms with Gasteiger partial charge in [-0.1, -0.05) is 42.5 Å². The molecule has 3 heteroatoms. The van der Waals surface area contributed by atoms with E-state index in [1.165, 1.54) is 0 Å². The summed E-state index contributed by atoms with van der Waals surface area (Å²) in [6, 6.07) is 15.7. The van der Waals surface area contributed by atoms with Gasteiger partial charge in [0.2, 0.25) is 0 Å². The fraction of sp³-hybridized carbons (Fsp3) is 0.227. The summed E-state index contributed by atoms with van der Waals surface area (Å²) in [5.74, 6) is 1.45. The summed E-state index contributed by atoms with van der Waals surface area (Å²) < 4.78 is 10.8. The van der Waals surface area contributed by atoms with Crippen molar-refractivity contribution in [2.24, 2.45) is 0 Å². The second-order valence-corrected chi connectivity index (χ2v) is 6.02. The normalized spacial score (nSPS) is 17.8. The average Bonchev–Trinajstić information content (AvgIpc) is 2.65. The van der Waals surface area contributed by atoms with Crippen LogP contribution in [-0.2, 0) is 4.79 Å². The van der Waals surface area contributed by atoms with Gasteiger partial charge in [0.05, 0.1) is 14.2 Å². The van der Waals surface area contributed by atoms with Gasteiger partial charge in [-0.25, -0.2) is 0 Å². The summed E-state index contributed by atoms with van der Waals surface area (Å²) in [5, 5.41) is 0. The highest BCUT2D eigenvalue weighted by Crippen LogP contribution is 2.34. The molecule has 3 rings (SSSR count). The van der Waals surface area contributed by atoms with Crippen LogP contribution in [0.5, 0.6) is 11.5 Å². The summed E-state index contributed by atoms with van der Waals surface area (Å²) in [6.45, 7) is 0. The standard InChI is InChI=1S/C22H22O3/c1-24-20-13-7-12-19(22(20)25-2)15-18-11-6-10-17(21(18)23)14-16-8-4-3-5-9-16/h3-5,7-9,12-15H,6,10-11H2,1-2H3/b17-14+,18-15+. The predicted molar refractivity (Wildman–Crippen MR) is 101 cm³/mol. The van der Waals surface area contributed by atoms with E-state index in [9.17, 15) is 4.79 Å². The molecule has 0 spiro atoms. The zero-order valence-electron chi connectivity index (χ0n) is 14.6. The molecule has 2 aromatic carbocycles. The molecule has 0 atom stereocenters. The molecule has 0 aliphatic heterocycles. The molecule has 3 nitrogen and oxygen atoms in total. The van der Waals surface area contributed by atoms with Gasteiger partial charge in [0, 0.05) is 16.7 Å². The maximum atomic E-state index is 12.9. The number of hydrogen-bond acceptors (Lipinski definition) is 3. The van der Waals surface area contributed by atoms with Gasteiger partial charge in [0.25, 0.3) is 0 Å². The van der Waals surface area contributed by atoms with Crippen LogP contribution in [0.4, 0.5) is 0 Å². The molecule has 1 saturated carbocycles. The number of allylic oxidation sites excluding steroid dienone is 2. The Bertz CT molecular complexity index is 816. The largest absolute Gasteiger partial charge is 0.493 e. The Kier molecular flexibility index (Phi) is 5.34. The third-order valence-electron chi connectivity index (χ3n) is 4.38. The summed E-state index contributed by atoms with van der Waals surface area (Å²) in [5.41, 5.74) is 3.61. The first-order valence-corrected chi connectivity index (χ1v) is 8.45. The lowest BCUT2D eigenvalue weighted by atomic mass is 9.86. The van der Waals surface area contributed by atoms with E-state index in [1.807, 2.05) is 60.7 Å². The Morgan fingerprint density at radius 1 is 0.840 bits per heavy atom. The average molecular weight is 334 g/mol. The quantitative estimate of drug-likeness (QED) is 0.744. The van der Waals surface area contributed by atoms with E-state index in [0.717, 1.165) is 41.5 Å². The van der Waals surface area contributed by atoms with E-state index >= 15 is 0 Å². The van der Waals surface area contributed by atoms with Gasteiger partial charge in [-0.05, 0) is 43.0 Å². The Morgan fingerprint density at radius 2 is 1.56 bits per heavy atom. The number of ether oxygens (including phenoxy) is 2. The van der Waals surface area contributed by atoms with Crippen molar-refractivity contribution >= 4 is 17.9 Å². The first kappa shape index (κ1) is 17.0. The summed E-state index contributed by atoms with van der Waals surface area (Å²) in [6.07, 6.45) is 6.51. The van der Waals surface area contributed by atoms with Crippen LogP contribution >= 0.6 is 0 Å². The lowest BCUT2D eigenvalue weighted by molar-refractivity contribution is -0.112. The molecule has 128 valence electrons. The number of para-hydroxylation sites is 1. The second-order valence-electron chi connectivity index (χ2n) is 6.02. The lowest BCUT2D eigenvalue weighted by Gasteiger charge is -2.17. The molecule has 0 radical (unpaired) electrons. The van der Waals surface area contributed by atoms with Gasteiger partial charge in [-0.3, -0.25) is 4.79 Å². The van der Waals surface area contributed by atoms with E-state index in [4.69, 9.17) is 9.47 Å². The van der Waals surface area contributed by atoms with Crippen molar-refractivity contribution in [2.45, 2.75) is 19.3 Å². The number of rotatable bonds is 4. The summed E-state index contributed by atoms with van der Waals surface area (Å²) >= 11 is 0. The number of methoxy groups -OCH3 is 2. The van der Waals surface area contributed by atoms with E-state index in [0.29, 0.717) is 11.5 Å². The Labute approximate surface area is 148 Å². The lowest BCUT2D eigenvalue weighted by Crippen LogP contribution is -2.12. The minimum Gasteiger partial charge on any atom is -0.493 e. The SMILES string of the molecule is COc1cccc(/C=C2\CCC/C(=C\c3ccccc3)C2=O)c1OC. The molecule has 1 aliphatic carbocycles. The van der Waals surface area contributed by atoms with Gasteiger partial charge in [-0.15, -0.1) is 0 Å². The van der Waals surface area contributed by atoms with Crippen LogP contribution in [0.15, 0.2) is 59.7 Å². The van der Waals surface area contributed by atoms with Crippen LogP contribution in [0.3, 0.4) is 0 Å². The molecule has 1 aliphatic rings. The Balaban J connectivity index is 1.94. The Hall–Kier alpha value is -2.81. The minimum absolute atomic E-state index is 0.125. The number of benzene rings is 2. The van der Waals surface area contributed by atoms with Crippen LogP contribution in [0.2, 0.25) is 0 Å². The highest BCUT2D eigenvalue weighted by Gasteiger charge is 2.21.